The van der Waals surface area contributed by atoms with Crippen LogP contribution in [0.15, 0.2) is 48.5 Å². The van der Waals surface area contributed by atoms with Gasteiger partial charge in [0.15, 0.2) is 0 Å². The van der Waals surface area contributed by atoms with Crippen molar-refractivity contribution in [2.24, 2.45) is 7.05 Å². The SMILES string of the molecule is COc1ccc(CC(=O)NCc2nc3ccccc3n2C)cc1. The molecular weight excluding hydrogens is 290 g/mol. The molecule has 2 aromatic carbocycles. The minimum absolute atomic E-state index is 0.0257. The lowest BCUT2D eigenvalue weighted by atomic mass is 10.1. The second-order valence-electron chi connectivity index (χ2n) is 5.38. The zero-order valence-electron chi connectivity index (χ0n) is 13.2. The minimum Gasteiger partial charge on any atom is -0.497 e. The first-order valence-electron chi connectivity index (χ1n) is 7.47. The zero-order chi connectivity index (χ0) is 16.2. The average molecular weight is 309 g/mol. The number of para-hydroxylation sites is 2. The molecule has 1 N–H and O–H groups in total. The van der Waals surface area contributed by atoms with Gasteiger partial charge < -0.3 is 14.6 Å². The van der Waals surface area contributed by atoms with Crippen LogP contribution in [0.25, 0.3) is 11.0 Å². The highest BCUT2D eigenvalue weighted by atomic mass is 16.5. The summed E-state index contributed by atoms with van der Waals surface area (Å²) in [5.74, 6) is 1.60. The van der Waals surface area contributed by atoms with Crippen LogP contribution in [0.5, 0.6) is 5.75 Å². The van der Waals surface area contributed by atoms with Gasteiger partial charge in [-0.2, -0.15) is 0 Å². The monoisotopic (exact) mass is 309 g/mol. The molecule has 5 heteroatoms. The third-order valence-electron chi connectivity index (χ3n) is 3.85. The molecule has 0 aliphatic rings. The summed E-state index contributed by atoms with van der Waals surface area (Å²) in [6, 6.07) is 15.4. The number of nitrogens with one attached hydrogen (secondary N) is 1. The zero-order valence-corrected chi connectivity index (χ0v) is 13.2. The number of benzene rings is 2. The molecule has 0 unspecified atom stereocenters. The Bertz CT molecular complexity index is 822. The molecule has 0 spiro atoms. The smallest absolute Gasteiger partial charge is 0.224 e. The molecule has 0 bridgehead atoms. The first-order valence-corrected chi connectivity index (χ1v) is 7.47. The van der Waals surface area contributed by atoms with E-state index in [1.807, 2.05) is 60.1 Å². The molecule has 1 amide bonds. The number of nitrogens with zero attached hydrogens (tertiary/aromatic N) is 2. The third kappa shape index (κ3) is 3.34. The van der Waals surface area contributed by atoms with E-state index in [2.05, 4.69) is 10.3 Å². The number of carbonyl (C=O) groups is 1. The van der Waals surface area contributed by atoms with Gasteiger partial charge in [-0.3, -0.25) is 4.79 Å². The summed E-state index contributed by atoms with van der Waals surface area (Å²) < 4.78 is 7.11. The van der Waals surface area contributed by atoms with Crippen molar-refractivity contribution in [3.8, 4) is 5.75 Å². The summed E-state index contributed by atoms with van der Waals surface area (Å²) in [6.45, 7) is 0.417. The van der Waals surface area contributed by atoms with Crippen LogP contribution in [-0.2, 0) is 24.8 Å². The number of methoxy groups -OCH3 is 1. The predicted molar refractivity (Wildman–Crippen MR) is 89.3 cm³/mol. The maximum absolute atomic E-state index is 12.1. The van der Waals surface area contributed by atoms with E-state index < -0.39 is 0 Å². The summed E-state index contributed by atoms with van der Waals surface area (Å²) >= 11 is 0. The molecule has 0 radical (unpaired) electrons. The van der Waals surface area contributed by atoms with Crippen LogP contribution >= 0.6 is 0 Å². The van der Waals surface area contributed by atoms with E-state index in [-0.39, 0.29) is 5.91 Å². The van der Waals surface area contributed by atoms with Gasteiger partial charge in [0.1, 0.15) is 11.6 Å². The number of fused-ring (bicyclic) bond motifs is 1. The van der Waals surface area contributed by atoms with E-state index in [1.54, 1.807) is 7.11 Å². The van der Waals surface area contributed by atoms with Gasteiger partial charge in [0, 0.05) is 7.05 Å². The Kier molecular flexibility index (Phi) is 4.28. The van der Waals surface area contributed by atoms with Crippen LogP contribution in [0.2, 0.25) is 0 Å². The molecule has 0 aliphatic heterocycles. The third-order valence-corrected chi connectivity index (χ3v) is 3.85. The van der Waals surface area contributed by atoms with Crippen molar-refractivity contribution < 1.29 is 9.53 Å². The number of carbonyl (C=O) groups excluding carboxylic acids is 1. The highest BCUT2D eigenvalue weighted by molar-refractivity contribution is 5.79. The molecule has 0 aliphatic carbocycles. The van der Waals surface area contributed by atoms with Crippen molar-refractivity contribution in [3.63, 3.8) is 0 Å². The van der Waals surface area contributed by atoms with Gasteiger partial charge in [0.25, 0.3) is 0 Å². The quantitative estimate of drug-likeness (QED) is 0.787. The predicted octanol–water partition coefficient (Wildman–Crippen LogP) is 2.44. The second kappa shape index (κ2) is 6.52. The fourth-order valence-electron chi connectivity index (χ4n) is 2.52. The Morgan fingerprint density at radius 1 is 1.17 bits per heavy atom. The number of hydrogen-bond donors (Lipinski definition) is 1. The standard InChI is InChI=1S/C18H19N3O2/c1-21-16-6-4-3-5-15(16)20-17(21)12-19-18(22)11-13-7-9-14(23-2)10-8-13/h3-10H,11-12H2,1-2H3,(H,19,22). The molecule has 1 heterocycles. The van der Waals surface area contributed by atoms with Crippen LogP contribution in [0, 0.1) is 0 Å². The lowest BCUT2D eigenvalue weighted by Gasteiger charge is -2.06. The molecule has 3 rings (SSSR count). The van der Waals surface area contributed by atoms with E-state index >= 15 is 0 Å². The van der Waals surface area contributed by atoms with Crippen molar-refractivity contribution in [2.45, 2.75) is 13.0 Å². The van der Waals surface area contributed by atoms with Crippen molar-refractivity contribution in [2.75, 3.05) is 7.11 Å². The molecule has 118 valence electrons. The molecule has 23 heavy (non-hydrogen) atoms. The molecule has 0 saturated carbocycles. The molecule has 0 saturated heterocycles. The van der Waals surface area contributed by atoms with Crippen LogP contribution in [0.3, 0.4) is 0 Å². The van der Waals surface area contributed by atoms with E-state index in [1.165, 1.54) is 0 Å². The van der Waals surface area contributed by atoms with Gasteiger partial charge in [0.05, 0.1) is 31.1 Å². The summed E-state index contributed by atoms with van der Waals surface area (Å²) in [6.07, 6.45) is 0.341. The van der Waals surface area contributed by atoms with Crippen molar-refractivity contribution in [3.05, 3.63) is 59.9 Å². The average Bonchev–Trinajstić information content (AvgIpc) is 2.90. The lowest BCUT2D eigenvalue weighted by molar-refractivity contribution is -0.120. The Balaban J connectivity index is 1.62. The summed E-state index contributed by atoms with van der Waals surface area (Å²) in [4.78, 5) is 16.6. The van der Waals surface area contributed by atoms with Crippen LogP contribution in [0.1, 0.15) is 11.4 Å². The maximum atomic E-state index is 12.1. The maximum Gasteiger partial charge on any atom is 0.224 e. The Morgan fingerprint density at radius 2 is 1.91 bits per heavy atom. The van der Waals surface area contributed by atoms with Crippen LogP contribution < -0.4 is 10.1 Å². The summed E-state index contributed by atoms with van der Waals surface area (Å²) in [7, 11) is 3.58. The Labute approximate surface area is 134 Å². The highest BCUT2D eigenvalue weighted by Crippen LogP contribution is 2.14. The summed E-state index contributed by atoms with van der Waals surface area (Å²) in [5.41, 5.74) is 2.95. The van der Waals surface area contributed by atoms with Crippen LogP contribution in [-0.4, -0.2) is 22.6 Å². The fourth-order valence-corrected chi connectivity index (χ4v) is 2.52. The number of aromatic nitrogens is 2. The van der Waals surface area contributed by atoms with E-state index in [0.717, 1.165) is 28.2 Å². The fraction of sp³-hybridized carbons (Fsp3) is 0.222. The first-order chi connectivity index (χ1) is 11.2. The molecular formula is C18H19N3O2. The molecule has 0 fully saturated rings. The topological polar surface area (TPSA) is 56.1 Å². The van der Waals surface area contributed by atoms with Gasteiger partial charge in [-0.15, -0.1) is 0 Å². The van der Waals surface area contributed by atoms with Crippen molar-refractivity contribution >= 4 is 16.9 Å². The van der Waals surface area contributed by atoms with E-state index in [4.69, 9.17) is 4.74 Å². The highest BCUT2D eigenvalue weighted by Gasteiger charge is 2.09. The molecule has 1 aromatic heterocycles. The van der Waals surface area contributed by atoms with E-state index in [0.29, 0.717) is 13.0 Å². The molecule has 5 nitrogen and oxygen atoms in total. The lowest BCUT2D eigenvalue weighted by Crippen LogP contribution is -2.25. The number of hydrogen-bond acceptors (Lipinski definition) is 3. The Hall–Kier alpha value is -2.82. The number of aryl methyl sites for hydroxylation is 1. The van der Waals surface area contributed by atoms with Crippen molar-refractivity contribution in [1.82, 2.24) is 14.9 Å². The van der Waals surface area contributed by atoms with Gasteiger partial charge in [-0.05, 0) is 29.8 Å². The largest absolute Gasteiger partial charge is 0.497 e. The summed E-state index contributed by atoms with van der Waals surface area (Å²) in [5, 5.41) is 2.92. The number of ether oxygens (including phenoxy) is 1. The van der Waals surface area contributed by atoms with Crippen LogP contribution in [0.4, 0.5) is 0 Å². The van der Waals surface area contributed by atoms with E-state index in [9.17, 15) is 4.79 Å². The van der Waals surface area contributed by atoms with Gasteiger partial charge >= 0.3 is 0 Å². The Morgan fingerprint density at radius 3 is 2.61 bits per heavy atom. The molecule has 3 aromatic rings. The van der Waals surface area contributed by atoms with Crippen molar-refractivity contribution in [1.29, 1.82) is 0 Å². The molecule has 0 atom stereocenters. The number of rotatable bonds is 5. The minimum atomic E-state index is -0.0257. The number of imidazole rings is 1. The van der Waals surface area contributed by atoms with Gasteiger partial charge in [-0.1, -0.05) is 24.3 Å². The normalized spacial score (nSPS) is 10.7. The second-order valence-corrected chi connectivity index (χ2v) is 5.38. The first kappa shape index (κ1) is 15.1. The number of amides is 1. The van der Waals surface area contributed by atoms with Gasteiger partial charge in [-0.25, -0.2) is 4.98 Å². The van der Waals surface area contributed by atoms with Gasteiger partial charge in [0.2, 0.25) is 5.91 Å².